The molecule has 0 aromatic heterocycles. The Balaban J connectivity index is 3.56. The van der Waals surface area contributed by atoms with Crippen LogP contribution in [0.15, 0.2) is 24.3 Å². The van der Waals surface area contributed by atoms with Gasteiger partial charge in [0.25, 0.3) is 0 Å². The van der Waals surface area contributed by atoms with Crippen molar-refractivity contribution in [2.24, 2.45) is 16.2 Å². The van der Waals surface area contributed by atoms with Gasteiger partial charge in [0, 0.05) is 0 Å². The zero-order chi connectivity index (χ0) is 18.8. The van der Waals surface area contributed by atoms with E-state index in [9.17, 15) is 4.79 Å². The molecule has 0 fully saturated rings. The van der Waals surface area contributed by atoms with Crippen molar-refractivity contribution < 1.29 is 4.79 Å². The second-order valence-corrected chi connectivity index (χ2v) is 23.2. The van der Waals surface area contributed by atoms with Gasteiger partial charge in [-0.25, -0.2) is 0 Å². The standard InChI is InChI=1S/C7H5O.3C5H11.Sn/c8-6-7-4-2-1-3-5-7;3*1-5(2,3)4;/h1-2,4-6H;3*1H2,2-4H3;. The summed E-state index contributed by atoms with van der Waals surface area (Å²) in [5, 5.41) is 0. The third-order valence-electron chi connectivity index (χ3n) is 4.24. The normalized spacial score (nSPS) is 13.9. The number of carbonyl (C=O) groups excluding carboxylic acids is 1. The predicted molar refractivity (Wildman–Crippen MR) is 110 cm³/mol. The minimum absolute atomic E-state index is 0.323. The Morgan fingerprint density at radius 1 is 0.792 bits per heavy atom. The molecule has 1 aromatic carbocycles. The fourth-order valence-corrected chi connectivity index (χ4v) is 27.3. The maximum absolute atomic E-state index is 11.4. The molecule has 0 radical (unpaired) electrons. The summed E-state index contributed by atoms with van der Waals surface area (Å²) in [5.41, 5.74) is 1.81. The Bertz CT molecular complexity index is 512. The zero-order valence-corrected chi connectivity index (χ0v) is 20.3. The van der Waals surface area contributed by atoms with Crippen LogP contribution in [-0.4, -0.2) is 24.7 Å². The van der Waals surface area contributed by atoms with E-state index in [4.69, 9.17) is 0 Å². The molecular formula is C22H38OSn. The van der Waals surface area contributed by atoms with Crippen LogP contribution in [0.2, 0.25) is 13.3 Å². The van der Waals surface area contributed by atoms with Gasteiger partial charge in [-0.15, -0.1) is 0 Å². The van der Waals surface area contributed by atoms with E-state index in [-0.39, 0.29) is 0 Å². The van der Waals surface area contributed by atoms with Gasteiger partial charge in [0.2, 0.25) is 0 Å². The molecule has 0 heterocycles. The number of hydrogen-bond acceptors (Lipinski definition) is 1. The van der Waals surface area contributed by atoms with Crippen LogP contribution in [0.3, 0.4) is 0 Å². The minimum atomic E-state index is -2.74. The molecule has 0 aliphatic carbocycles. The van der Waals surface area contributed by atoms with Crippen molar-refractivity contribution in [2.75, 3.05) is 0 Å². The molecule has 1 nitrogen and oxygen atoms in total. The number of aldehydes is 1. The third kappa shape index (κ3) is 7.29. The molecule has 0 aliphatic rings. The van der Waals surface area contributed by atoms with E-state index >= 15 is 0 Å². The van der Waals surface area contributed by atoms with Gasteiger partial charge < -0.3 is 0 Å². The molecule has 0 bridgehead atoms. The van der Waals surface area contributed by atoms with Crippen LogP contribution in [-0.2, 0) is 0 Å². The molecule has 24 heavy (non-hydrogen) atoms. The number of rotatable bonds is 5. The topological polar surface area (TPSA) is 17.1 Å². The molecule has 0 atom stereocenters. The van der Waals surface area contributed by atoms with Crippen LogP contribution >= 0.6 is 0 Å². The molecule has 136 valence electrons. The van der Waals surface area contributed by atoms with Crippen molar-refractivity contribution in [3.8, 4) is 0 Å². The summed E-state index contributed by atoms with van der Waals surface area (Å²) >= 11 is -2.74. The van der Waals surface area contributed by atoms with E-state index in [1.807, 2.05) is 6.07 Å². The number of benzene rings is 1. The van der Waals surface area contributed by atoms with Gasteiger partial charge in [0.15, 0.2) is 0 Å². The van der Waals surface area contributed by atoms with E-state index < -0.39 is 18.4 Å². The van der Waals surface area contributed by atoms with E-state index in [1.54, 1.807) is 0 Å². The van der Waals surface area contributed by atoms with Crippen molar-refractivity contribution in [3.05, 3.63) is 29.8 Å². The fourth-order valence-electron chi connectivity index (χ4n) is 4.48. The van der Waals surface area contributed by atoms with E-state index in [0.29, 0.717) is 16.2 Å². The molecule has 1 aromatic rings. The quantitative estimate of drug-likeness (QED) is 0.391. The van der Waals surface area contributed by atoms with Gasteiger partial charge in [0.05, 0.1) is 0 Å². The molecule has 0 unspecified atom stereocenters. The van der Waals surface area contributed by atoms with Gasteiger partial charge in [-0.2, -0.15) is 0 Å². The number of carbonyl (C=O) groups is 1. The second kappa shape index (κ2) is 7.51. The van der Waals surface area contributed by atoms with Crippen LogP contribution in [0.4, 0.5) is 0 Å². The number of hydrogen-bond donors (Lipinski definition) is 0. The summed E-state index contributed by atoms with van der Waals surface area (Å²) in [6.45, 7) is 21.4. The maximum atomic E-state index is 11.4. The fraction of sp³-hybridized carbons (Fsp3) is 0.682. The Morgan fingerprint density at radius 3 is 1.54 bits per heavy atom. The van der Waals surface area contributed by atoms with Crippen LogP contribution in [0, 0.1) is 16.2 Å². The van der Waals surface area contributed by atoms with Gasteiger partial charge in [-0.3, -0.25) is 0 Å². The van der Waals surface area contributed by atoms with Gasteiger partial charge in [-0.05, 0) is 0 Å². The summed E-state index contributed by atoms with van der Waals surface area (Å²) in [5.74, 6) is 0. The monoisotopic (exact) mass is 438 g/mol. The van der Waals surface area contributed by atoms with Crippen molar-refractivity contribution in [3.63, 3.8) is 0 Å². The Morgan fingerprint density at radius 2 is 1.21 bits per heavy atom. The summed E-state index contributed by atoms with van der Waals surface area (Å²) in [6, 6.07) is 8.58. The second-order valence-electron chi connectivity index (χ2n) is 11.2. The van der Waals surface area contributed by atoms with Gasteiger partial charge in [-0.1, -0.05) is 0 Å². The molecule has 0 saturated heterocycles. The molecule has 0 aliphatic heterocycles. The van der Waals surface area contributed by atoms with Crippen LogP contribution in [0.25, 0.3) is 0 Å². The summed E-state index contributed by atoms with van der Waals surface area (Å²) in [4.78, 5) is 11.4. The molecule has 2 heteroatoms. The first-order valence-corrected chi connectivity index (χ1v) is 16.7. The van der Waals surface area contributed by atoms with Crippen LogP contribution in [0.1, 0.15) is 72.7 Å². The molecule has 0 saturated carbocycles. The molecule has 0 spiro atoms. The van der Waals surface area contributed by atoms with E-state index in [0.717, 1.165) is 11.8 Å². The first kappa shape index (κ1) is 21.7. The Labute approximate surface area is 154 Å². The van der Waals surface area contributed by atoms with E-state index in [1.165, 1.54) is 16.9 Å². The predicted octanol–water partition coefficient (Wildman–Crippen LogP) is 6.29. The van der Waals surface area contributed by atoms with E-state index in [2.05, 4.69) is 80.5 Å². The average Bonchev–Trinajstić information content (AvgIpc) is 2.32. The average molecular weight is 437 g/mol. The summed E-state index contributed by atoms with van der Waals surface area (Å²) in [6.07, 6.45) is 1.01. The third-order valence-corrected chi connectivity index (χ3v) is 23.5. The summed E-state index contributed by atoms with van der Waals surface area (Å²) in [7, 11) is 0. The SMILES string of the molecule is CC(C)(C)[CH2][Sn]([CH2]C(C)(C)C)([CH2]C(C)(C)C)[c]1cccc(C=O)c1. The molecule has 0 N–H and O–H groups in total. The Hall–Kier alpha value is -0.311. The van der Waals surface area contributed by atoms with Crippen molar-refractivity contribution in [1.29, 1.82) is 0 Å². The van der Waals surface area contributed by atoms with Crippen molar-refractivity contribution in [2.45, 2.75) is 75.6 Å². The van der Waals surface area contributed by atoms with Crippen LogP contribution < -0.4 is 3.58 Å². The van der Waals surface area contributed by atoms with Crippen molar-refractivity contribution in [1.82, 2.24) is 0 Å². The first-order chi connectivity index (χ1) is 10.7. The molecule has 0 amide bonds. The molecule has 1 rings (SSSR count). The summed E-state index contributed by atoms with van der Waals surface area (Å²) < 4.78 is 5.53. The Kier molecular flexibility index (Phi) is 6.80. The van der Waals surface area contributed by atoms with Crippen molar-refractivity contribution >= 4 is 28.2 Å². The first-order valence-electron chi connectivity index (χ1n) is 9.22. The van der Waals surface area contributed by atoms with Crippen LogP contribution in [0.5, 0.6) is 0 Å². The van der Waals surface area contributed by atoms with Gasteiger partial charge in [0.1, 0.15) is 0 Å². The zero-order valence-electron chi connectivity index (χ0n) is 17.4. The van der Waals surface area contributed by atoms with Gasteiger partial charge >= 0.3 is 155 Å². The molecular weight excluding hydrogens is 399 g/mol.